The molecule has 0 fully saturated rings. The summed E-state index contributed by atoms with van der Waals surface area (Å²) in [6, 6.07) is 0.344. The standard InChI is InChI=1S/C9H18N4S/c1-5-12(6-2)8-10-11-9(14)13(8)7(3)4/h7H,5-6H2,1-4H3,(H,11,14). The van der Waals surface area contributed by atoms with Gasteiger partial charge in [0.1, 0.15) is 0 Å². The second kappa shape index (κ2) is 4.59. The van der Waals surface area contributed by atoms with Crippen LogP contribution in [0.25, 0.3) is 0 Å². The van der Waals surface area contributed by atoms with E-state index in [1.807, 2.05) is 4.57 Å². The molecule has 0 aromatic carbocycles. The van der Waals surface area contributed by atoms with E-state index >= 15 is 0 Å². The predicted molar refractivity (Wildman–Crippen MR) is 61.4 cm³/mol. The van der Waals surface area contributed by atoms with Crippen molar-refractivity contribution in [3.05, 3.63) is 4.77 Å². The molecule has 0 amide bonds. The molecule has 0 unspecified atom stereocenters. The fraction of sp³-hybridized carbons (Fsp3) is 0.778. The Labute approximate surface area is 89.9 Å². The van der Waals surface area contributed by atoms with Gasteiger partial charge in [-0.1, -0.05) is 0 Å². The van der Waals surface area contributed by atoms with Gasteiger partial charge in [-0.3, -0.25) is 4.57 Å². The molecule has 0 aliphatic rings. The summed E-state index contributed by atoms with van der Waals surface area (Å²) < 4.78 is 2.74. The molecular formula is C9H18N4S. The maximum atomic E-state index is 5.18. The van der Waals surface area contributed by atoms with Crippen molar-refractivity contribution in [3.63, 3.8) is 0 Å². The third-order valence-electron chi connectivity index (χ3n) is 2.25. The van der Waals surface area contributed by atoms with Crippen molar-refractivity contribution < 1.29 is 0 Å². The van der Waals surface area contributed by atoms with Crippen molar-refractivity contribution in [2.45, 2.75) is 33.7 Å². The van der Waals surface area contributed by atoms with Crippen LogP contribution in [0, 0.1) is 4.77 Å². The first-order chi connectivity index (χ1) is 6.61. The molecule has 0 saturated heterocycles. The molecule has 1 aromatic heterocycles. The van der Waals surface area contributed by atoms with E-state index in [4.69, 9.17) is 12.2 Å². The number of nitrogens with zero attached hydrogens (tertiary/aromatic N) is 3. The van der Waals surface area contributed by atoms with Crippen LogP contribution in [0.3, 0.4) is 0 Å². The van der Waals surface area contributed by atoms with Crippen molar-refractivity contribution >= 4 is 18.2 Å². The predicted octanol–water partition coefficient (Wildman–Crippen LogP) is 2.37. The molecule has 80 valence electrons. The first-order valence-corrected chi connectivity index (χ1v) is 5.44. The van der Waals surface area contributed by atoms with E-state index in [0.717, 1.165) is 19.0 Å². The monoisotopic (exact) mass is 214 g/mol. The lowest BCUT2D eigenvalue weighted by molar-refractivity contribution is 0.580. The minimum Gasteiger partial charge on any atom is -0.342 e. The number of aromatic nitrogens is 3. The highest BCUT2D eigenvalue weighted by Gasteiger charge is 2.13. The third kappa shape index (κ3) is 1.97. The van der Waals surface area contributed by atoms with E-state index in [0.29, 0.717) is 10.8 Å². The van der Waals surface area contributed by atoms with Crippen molar-refractivity contribution in [1.82, 2.24) is 14.8 Å². The highest BCUT2D eigenvalue weighted by molar-refractivity contribution is 7.71. The minimum absolute atomic E-state index is 0.344. The second-order valence-corrected chi connectivity index (χ2v) is 3.85. The number of hydrogen-bond donors (Lipinski definition) is 1. The average Bonchev–Trinajstić information content (AvgIpc) is 2.50. The van der Waals surface area contributed by atoms with Crippen LogP contribution in [0.4, 0.5) is 5.95 Å². The van der Waals surface area contributed by atoms with Gasteiger partial charge in [0.05, 0.1) is 0 Å². The molecule has 0 bridgehead atoms. The van der Waals surface area contributed by atoms with Crippen molar-refractivity contribution in [2.24, 2.45) is 0 Å². The number of aromatic amines is 1. The van der Waals surface area contributed by atoms with Gasteiger partial charge in [0.25, 0.3) is 0 Å². The summed E-state index contributed by atoms with van der Waals surface area (Å²) in [4.78, 5) is 2.19. The van der Waals surface area contributed by atoms with Crippen LogP contribution in [-0.4, -0.2) is 27.9 Å². The maximum Gasteiger partial charge on any atom is 0.225 e. The topological polar surface area (TPSA) is 36.9 Å². The summed E-state index contributed by atoms with van der Waals surface area (Å²) in [7, 11) is 0. The van der Waals surface area contributed by atoms with Crippen LogP contribution in [-0.2, 0) is 0 Å². The second-order valence-electron chi connectivity index (χ2n) is 3.46. The Balaban J connectivity index is 3.14. The quantitative estimate of drug-likeness (QED) is 0.782. The van der Waals surface area contributed by atoms with Crippen LogP contribution in [0.1, 0.15) is 33.7 Å². The van der Waals surface area contributed by atoms with E-state index in [1.165, 1.54) is 0 Å². The largest absolute Gasteiger partial charge is 0.342 e. The average molecular weight is 214 g/mol. The van der Waals surface area contributed by atoms with Crippen LogP contribution in [0.15, 0.2) is 0 Å². The normalized spacial score (nSPS) is 10.9. The molecule has 1 aromatic rings. The number of nitrogens with one attached hydrogen (secondary N) is 1. The lowest BCUT2D eigenvalue weighted by Crippen LogP contribution is -2.26. The molecule has 1 N–H and O–H groups in total. The van der Waals surface area contributed by atoms with E-state index < -0.39 is 0 Å². The fourth-order valence-corrected chi connectivity index (χ4v) is 1.83. The van der Waals surface area contributed by atoms with E-state index in [-0.39, 0.29) is 0 Å². The van der Waals surface area contributed by atoms with Crippen LogP contribution in [0.5, 0.6) is 0 Å². The van der Waals surface area contributed by atoms with Crippen LogP contribution in [0.2, 0.25) is 0 Å². The van der Waals surface area contributed by atoms with Crippen LogP contribution < -0.4 is 4.90 Å². The minimum atomic E-state index is 0.344. The molecule has 14 heavy (non-hydrogen) atoms. The molecule has 5 heteroatoms. The van der Waals surface area contributed by atoms with Gasteiger partial charge in [0.2, 0.25) is 5.95 Å². The molecule has 0 radical (unpaired) electrons. The summed E-state index contributed by atoms with van der Waals surface area (Å²) in [6.45, 7) is 10.3. The van der Waals surface area contributed by atoms with Gasteiger partial charge < -0.3 is 4.90 Å². The Kier molecular flexibility index (Phi) is 3.69. The molecule has 1 rings (SSSR count). The van der Waals surface area contributed by atoms with Gasteiger partial charge in [-0.2, -0.15) is 0 Å². The summed E-state index contributed by atoms with van der Waals surface area (Å²) in [6.07, 6.45) is 0. The summed E-state index contributed by atoms with van der Waals surface area (Å²) >= 11 is 5.18. The zero-order chi connectivity index (χ0) is 10.7. The molecule has 0 atom stereocenters. The van der Waals surface area contributed by atoms with Crippen LogP contribution >= 0.6 is 12.2 Å². The van der Waals surface area contributed by atoms with Gasteiger partial charge in [-0.05, 0) is 39.9 Å². The van der Waals surface area contributed by atoms with Gasteiger partial charge >= 0.3 is 0 Å². The lowest BCUT2D eigenvalue weighted by atomic mass is 10.4. The number of H-pyrrole nitrogens is 1. The highest BCUT2D eigenvalue weighted by atomic mass is 32.1. The first-order valence-electron chi connectivity index (χ1n) is 5.03. The number of anilines is 1. The highest BCUT2D eigenvalue weighted by Crippen LogP contribution is 2.16. The summed E-state index contributed by atoms with van der Waals surface area (Å²) in [5, 5.41) is 7.09. The smallest absolute Gasteiger partial charge is 0.225 e. The van der Waals surface area contributed by atoms with Crippen molar-refractivity contribution in [2.75, 3.05) is 18.0 Å². The Morgan fingerprint density at radius 1 is 1.43 bits per heavy atom. The van der Waals surface area contributed by atoms with Gasteiger partial charge in [0, 0.05) is 19.1 Å². The number of rotatable bonds is 4. The zero-order valence-electron chi connectivity index (χ0n) is 9.24. The van der Waals surface area contributed by atoms with Gasteiger partial charge in [-0.15, -0.1) is 5.10 Å². The Morgan fingerprint density at radius 2 is 2.00 bits per heavy atom. The van der Waals surface area contributed by atoms with Crippen molar-refractivity contribution in [3.8, 4) is 0 Å². The molecule has 4 nitrogen and oxygen atoms in total. The zero-order valence-corrected chi connectivity index (χ0v) is 10.1. The Bertz CT molecular complexity index is 335. The maximum absolute atomic E-state index is 5.18. The lowest BCUT2D eigenvalue weighted by Gasteiger charge is -2.21. The summed E-state index contributed by atoms with van der Waals surface area (Å²) in [5.74, 6) is 0.940. The Morgan fingerprint density at radius 3 is 2.43 bits per heavy atom. The third-order valence-corrected chi connectivity index (χ3v) is 2.54. The molecular weight excluding hydrogens is 196 g/mol. The first kappa shape index (κ1) is 11.2. The van der Waals surface area contributed by atoms with Gasteiger partial charge in [0.15, 0.2) is 4.77 Å². The van der Waals surface area contributed by atoms with E-state index in [9.17, 15) is 0 Å². The van der Waals surface area contributed by atoms with Crippen molar-refractivity contribution in [1.29, 1.82) is 0 Å². The molecule has 0 aliphatic heterocycles. The summed E-state index contributed by atoms with van der Waals surface area (Å²) in [5.41, 5.74) is 0. The molecule has 0 saturated carbocycles. The van der Waals surface area contributed by atoms with E-state index in [1.54, 1.807) is 0 Å². The SMILES string of the molecule is CCN(CC)c1n[nH]c(=S)n1C(C)C. The molecule has 0 aliphatic carbocycles. The molecule has 0 spiro atoms. The number of hydrogen-bond acceptors (Lipinski definition) is 3. The van der Waals surface area contributed by atoms with Gasteiger partial charge in [-0.25, -0.2) is 5.10 Å². The fourth-order valence-electron chi connectivity index (χ4n) is 1.49. The Hall–Kier alpha value is -0.840. The molecule has 1 heterocycles. The van der Waals surface area contributed by atoms with E-state index in [2.05, 4.69) is 42.8 Å².